The summed E-state index contributed by atoms with van der Waals surface area (Å²) in [5, 5.41) is 11.2. The third kappa shape index (κ3) is 5.25. The molecule has 0 bridgehead atoms. The highest BCUT2D eigenvalue weighted by molar-refractivity contribution is 8.01. The maximum atomic E-state index is 11.8. The Hall–Kier alpha value is -1.49. The molecule has 0 saturated heterocycles. The van der Waals surface area contributed by atoms with Gasteiger partial charge in [0.05, 0.1) is 5.75 Å². The van der Waals surface area contributed by atoms with Crippen LogP contribution in [0.5, 0.6) is 0 Å². The molecule has 0 heterocycles. The van der Waals surface area contributed by atoms with Crippen LogP contribution in [0.3, 0.4) is 0 Å². The number of carboxylic acid groups (broad SMARTS) is 1. The quantitative estimate of drug-likeness (QED) is 0.809. The first-order chi connectivity index (χ1) is 9.43. The fraction of sp³-hybridized carbons (Fsp3) is 0.467. The highest BCUT2D eigenvalue weighted by Crippen LogP contribution is 2.19. The van der Waals surface area contributed by atoms with Crippen molar-refractivity contribution in [3.05, 3.63) is 29.8 Å². The lowest BCUT2D eigenvalue weighted by molar-refractivity contribution is -0.136. The Morgan fingerprint density at radius 2 is 2.05 bits per heavy atom. The van der Waals surface area contributed by atoms with E-state index in [1.165, 1.54) is 0 Å². The predicted molar refractivity (Wildman–Crippen MR) is 83.3 cm³/mol. The molecule has 4 nitrogen and oxygen atoms in total. The lowest BCUT2D eigenvalue weighted by atomic mass is 10.0. The van der Waals surface area contributed by atoms with Crippen LogP contribution in [0.2, 0.25) is 0 Å². The van der Waals surface area contributed by atoms with Crippen molar-refractivity contribution in [2.45, 2.75) is 38.4 Å². The maximum absolute atomic E-state index is 11.8. The normalized spacial score (nSPS) is 12.2. The smallest absolute Gasteiger partial charge is 0.316 e. The van der Waals surface area contributed by atoms with Gasteiger partial charge in [-0.05, 0) is 30.0 Å². The molecule has 0 aliphatic carbocycles. The summed E-state index contributed by atoms with van der Waals surface area (Å²) in [6.07, 6.45) is 0.510. The van der Waals surface area contributed by atoms with E-state index in [0.717, 1.165) is 23.0 Å². The molecular weight excluding hydrogens is 274 g/mol. The van der Waals surface area contributed by atoms with E-state index in [9.17, 15) is 9.59 Å². The summed E-state index contributed by atoms with van der Waals surface area (Å²) < 4.78 is 0. The van der Waals surface area contributed by atoms with Crippen molar-refractivity contribution < 1.29 is 14.7 Å². The van der Waals surface area contributed by atoms with Crippen molar-refractivity contribution >= 4 is 29.3 Å². The molecule has 110 valence electrons. The van der Waals surface area contributed by atoms with Gasteiger partial charge in [-0.25, -0.2) is 0 Å². The molecule has 5 heteroatoms. The lowest BCUT2D eigenvalue weighted by Gasteiger charge is -2.11. The van der Waals surface area contributed by atoms with E-state index in [1.54, 1.807) is 6.92 Å². The van der Waals surface area contributed by atoms with Crippen LogP contribution in [0.25, 0.3) is 0 Å². The Morgan fingerprint density at radius 3 is 2.60 bits per heavy atom. The number of amides is 1. The fourth-order valence-electron chi connectivity index (χ4n) is 1.71. The van der Waals surface area contributed by atoms with E-state index in [0.29, 0.717) is 12.3 Å². The van der Waals surface area contributed by atoms with Crippen LogP contribution in [-0.2, 0) is 9.59 Å². The molecule has 1 atom stereocenters. The van der Waals surface area contributed by atoms with Crippen LogP contribution in [0.1, 0.15) is 38.7 Å². The monoisotopic (exact) mass is 295 g/mol. The van der Waals surface area contributed by atoms with E-state index in [4.69, 9.17) is 5.11 Å². The standard InChI is InChI=1S/C15H21NO3S/c1-4-13(15(18)19)20-9-14(17)16-12-7-5-6-11(8-12)10(2)3/h5-8,10,13H,4,9H2,1-3H3,(H,16,17)(H,18,19). The molecule has 20 heavy (non-hydrogen) atoms. The minimum atomic E-state index is -0.868. The average molecular weight is 295 g/mol. The Bertz CT molecular complexity index is 474. The topological polar surface area (TPSA) is 66.4 Å². The van der Waals surface area contributed by atoms with E-state index in [1.807, 2.05) is 24.3 Å². The number of carboxylic acids is 1. The highest BCUT2D eigenvalue weighted by Gasteiger charge is 2.17. The number of carbonyl (C=O) groups is 2. The second kappa shape index (κ2) is 7.94. The zero-order chi connectivity index (χ0) is 15.1. The van der Waals surface area contributed by atoms with Gasteiger partial charge in [-0.15, -0.1) is 11.8 Å². The number of nitrogens with one attached hydrogen (secondary N) is 1. The van der Waals surface area contributed by atoms with Gasteiger partial charge in [0.25, 0.3) is 0 Å². The molecule has 1 aromatic carbocycles. The second-order valence-corrected chi connectivity index (χ2v) is 6.07. The van der Waals surface area contributed by atoms with Crippen molar-refractivity contribution in [1.29, 1.82) is 0 Å². The van der Waals surface area contributed by atoms with Gasteiger partial charge >= 0.3 is 5.97 Å². The van der Waals surface area contributed by atoms with E-state index < -0.39 is 11.2 Å². The number of hydrogen-bond donors (Lipinski definition) is 2. The van der Waals surface area contributed by atoms with Gasteiger partial charge in [0.15, 0.2) is 0 Å². The van der Waals surface area contributed by atoms with Crippen molar-refractivity contribution in [1.82, 2.24) is 0 Å². The average Bonchev–Trinajstić information content (AvgIpc) is 2.39. The molecule has 1 amide bonds. The first-order valence-electron chi connectivity index (χ1n) is 6.68. The summed E-state index contributed by atoms with van der Waals surface area (Å²) in [4.78, 5) is 22.7. The lowest BCUT2D eigenvalue weighted by Crippen LogP contribution is -2.20. The van der Waals surface area contributed by atoms with Gasteiger partial charge in [0.1, 0.15) is 5.25 Å². The molecular formula is C15H21NO3S. The molecule has 1 unspecified atom stereocenters. The second-order valence-electron chi connectivity index (χ2n) is 4.87. The molecule has 1 rings (SSSR count). The van der Waals surface area contributed by atoms with Crippen LogP contribution in [0, 0.1) is 0 Å². The Kier molecular flexibility index (Phi) is 6.58. The van der Waals surface area contributed by atoms with Crippen LogP contribution < -0.4 is 5.32 Å². The molecule has 0 radical (unpaired) electrons. The third-order valence-electron chi connectivity index (χ3n) is 2.90. The summed E-state index contributed by atoms with van der Waals surface area (Å²) in [6, 6.07) is 7.71. The van der Waals surface area contributed by atoms with E-state index in [2.05, 4.69) is 19.2 Å². The summed E-state index contributed by atoms with van der Waals surface area (Å²) >= 11 is 1.16. The summed E-state index contributed by atoms with van der Waals surface area (Å²) in [6.45, 7) is 5.99. The van der Waals surface area contributed by atoms with Gasteiger partial charge in [0, 0.05) is 5.69 Å². The van der Waals surface area contributed by atoms with Crippen molar-refractivity contribution in [3.8, 4) is 0 Å². The van der Waals surface area contributed by atoms with Crippen molar-refractivity contribution in [2.75, 3.05) is 11.1 Å². The van der Waals surface area contributed by atoms with Crippen molar-refractivity contribution in [2.24, 2.45) is 0 Å². The molecule has 1 aromatic rings. The first kappa shape index (κ1) is 16.6. The zero-order valence-electron chi connectivity index (χ0n) is 12.1. The molecule has 0 aliphatic heterocycles. The molecule has 2 N–H and O–H groups in total. The zero-order valence-corrected chi connectivity index (χ0v) is 12.9. The summed E-state index contributed by atoms with van der Waals surface area (Å²) in [5.41, 5.74) is 1.91. The third-order valence-corrected chi connectivity index (χ3v) is 4.27. The number of rotatable bonds is 7. The predicted octanol–water partition coefficient (Wildman–Crippen LogP) is 3.34. The maximum Gasteiger partial charge on any atom is 0.316 e. The fourth-order valence-corrected chi connectivity index (χ4v) is 2.52. The SMILES string of the molecule is CCC(SCC(=O)Nc1cccc(C(C)C)c1)C(=O)O. The number of hydrogen-bond acceptors (Lipinski definition) is 3. The minimum absolute atomic E-state index is 0.150. The van der Waals surface area contributed by atoms with Crippen molar-refractivity contribution in [3.63, 3.8) is 0 Å². The van der Waals surface area contributed by atoms with Gasteiger partial charge < -0.3 is 10.4 Å². The number of aliphatic carboxylic acids is 1. The van der Waals surface area contributed by atoms with Gasteiger partial charge in [-0.1, -0.05) is 32.9 Å². The molecule has 0 saturated carbocycles. The molecule has 0 spiro atoms. The molecule has 0 aliphatic rings. The first-order valence-corrected chi connectivity index (χ1v) is 7.73. The number of thioether (sulfide) groups is 1. The summed E-state index contributed by atoms with van der Waals surface area (Å²) in [7, 11) is 0. The van der Waals surface area contributed by atoms with E-state index >= 15 is 0 Å². The van der Waals surface area contributed by atoms with Crippen LogP contribution >= 0.6 is 11.8 Å². The van der Waals surface area contributed by atoms with Gasteiger partial charge in [-0.2, -0.15) is 0 Å². The Morgan fingerprint density at radius 1 is 1.35 bits per heavy atom. The number of benzene rings is 1. The highest BCUT2D eigenvalue weighted by atomic mass is 32.2. The van der Waals surface area contributed by atoms with E-state index in [-0.39, 0.29) is 11.7 Å². The number of carbonyl (C=O) groups excluding carboxylic acids is 1. The van der Waals surface area contributed by atoms with Crippen LogP contribution in [-0.4, -0.2) is 28.0 Å². The van der Waals surface area contributed by atoms with Crippen LogP contribution in [0.4, 0.5) is 5.69 Å². The number of anilines is 1. The van der Waals surface area contributed by atoms with Gasteiger partial charge in [0.2, 0.25) is 5.91 Å². The Labute approximate surface area is 124 Å². The molecule has 0 fully saturated rings. The van der Waals surface area contributed by atoms with Crippen LogP contribution in [0.15, 0.2) is 24.3 Å². The summed E-state index contributed by atoms with van der Waals surface area (Å²) in [5.74, 6) is -0.489. The van der Waals surface area contributed by atoms with Gasteiger partial charge in [-0.3, -0.25) is 9.59 Å². The Balaban J connectivity index is 2.54. The minimum Gasteiger partial charge on any atom is -0.480 e. The largest absolute Gasteiger partial charge is 0.480 e. The molecule has 0 aromatic heterocycles.